The van der Waals surface area contributed by atoms with Gasteiger partial charge in [-0.25, -0.2) is 13.1 Å². The Hall–Kier alpha value is -3.97. The summed E-state index contributed by atoms with van der Waals surface area (Å²) in [5.41, 5.74) is -1.03. The first-order chi connectivity index (χ1) is 21.3. The first kappa shape index (κ1) is 31.0. The number of nitriles is 1. The van der Waals surface area contributed by atoms with Crippen molar-refractivity contribution in [2.45, 2.75) is 62.8 Å². The minimum atomic E-state index is -4.68. The van der Waals surface area contributed by atoms with Crippen LogP contribution in [0.15, 0.2) is 24.3 Å². The number of nitrogens with zero attached hydrogens (tertiary/aromatic N) is 5. The van der Waals surface area contributed by atoms with Crippen LogP contribution in [0.3, 0.4) is 0 Å². The fourth-order valence-corrected chi connectivity index (χ4v) is 8.12. The number of aromatic nitrogens is 2. The van der Waals surface area contributed by atoms with E-state index in [0.29, 0.717) is 56.3 Å². The Labute approximate surface area is 257 Å². The number of hydrogen-bond donors (Lipinski definition) is 1. The molecule has 1 aliphatic carbocycles. The lowest BCUT2D eigenvalue weighted by Crippen LogP contribution is -2.56. The Kier molecular flexibility index (Phi) is 7.88. The summed E-state index contributed by atoms with van der Waals surface area (Å²) in [6, 6.07) is 3.06. The Bertz CT molecular complexity index is 1690. The molecule has 3 amide bonds. The number of alkyl halides is 3. The van der Waals surface area contributed by atoms with Crippen LogP contribution in [-0.2, 0) is 25.5 Å². The molecule has 1 aromatic carbocycles. The smallest absolute Gasteiger partial charge is 0.381 e. The van der Waals surface area contributed by atoms with Crippen LogP contribution in [-0.4, -0.2) is 84.3 Å². The molecule has 3 atom stereocenters. The number of ether oxygens (including phenoxy) is 1. The first-order valence-corrected chi connectivity index (χ1v) is 16.6. The Morgan fingerprint density at radius 3 is 2.51 bits per heavy atom. The summed E-state index contributed by atoms with van der Waals surface area (Å²) < 4.78 is 72.2. The molecule has 4 heterocycles. The molecule has 1 saturated carbocycles. The van der Waals surface area contributed by atoms with E-state index in [0.717, 1.165) is 17.0 Å². The van der Waals surface area contributed by atoms with E-state index in [9.17, 15) is 41.2 Å². The van der Waals surface area contributed by atoms with Crippen molar-refractivity contribution in [1.29, 1.82) is 5.26 Å². The summed E-state index contributed by atoms with van der Waals surface area (Å²) in [6.45, 7) is 2.68. The number of carbonyl (C=O) groups is 3. The van der Waals surface area contributed by atoms with E-state index in [-0.39, 0.29) is 29.8 Å². The zero-order valence-electron chi connectivity index (χ0n) is 24.3. The van der Waals surface area contributed by atoms with Gasteiger partial charge in [-0.2, -0.15) is 23.5 Å². The largest absolute Gasteiger partial charge is 0.416 e. The molecule has 45 heavy (non-hydrogen) atoms. The number of hydrogen-bond acceptors (Lipinski definition) is 8. The lowest BCUT2D eigenvalue weighted by Gasteiger charge is -2.39. The number of fused-ring (bicyclic) bond motifs is 1. The van der Waals surface area contributed by atoms with Crippen LogP contribution < -0.4 is 10.2 Å². The highest BCUT2D eigenvalue weighted by Gasteiger charge is 2.53. The number of carbonyl (C=O) groups excluding carboxylic acids is 3. The standard InChI is InChI=1S/C29H31F3N6O6S/c1-2-36-26-22(21(16-6-7-16)23(27(36)40)34-25(39)17-4-3-5-18(12-17)29(30,31)32)24(35-38(26)19-8-10-44-11-9-19)28(41)37-15-45(42,43)14-20(37)13-33/h3-5,12,16,19-21,23H,2,6-11,14-15H2,1H3,(H,34,39)/t20-,21+,23+/m1/s1. The highest BCUT2D eigenvalue weighted by Crippen LogP contribution is 2.52. The molecule has 1 N–H and O–H groups in total. The number of sulfone groups is 1. The number of benzene rings is 1. The third-order valence-corrected chi connectivity index (χ3v) is 10.4. The normalized spacial score (nSPS) is 25.1. The van der Waals surface area contributed by atoms with Crippen LogP contribution >= 0.6 is 0 Å². The lowest BCUT2D eigenvalue weighted by atomic mass is 9.82. The molecule has 2 saturated heterocycles. The molecule has 4 aliphatic rings. The van der Waals surface area contributed by atoms with Gasteiger partial charge in [0.2, 0.25) is 0 Å². The maximum Gasteiger partial charge on any atom is 0.416 e. The van der Waals surface area contributed by atoms with Crippen molar-refractivity contribution in [2.75, 3.05) is 36.3 Å². The minimum absolute atomic E-state index is 0.102. The average molecular weight is 649 g/mol. The van der Waals surface area contributed by atoms with Crippen molar-refractivity contribution in [3.8, 4) is 6.07 Å². The van der Waals surface area contributed by atoms with E-state index in [1.54, 1.807) is 11.6 Å². The summed E-state index contributed by atoms with van der Waals surface area (Å²) in [5, 5.41) is 17.1. The van der Waals surface area contributed by atoms with Gasteiger partial charge in [-0.15, -0.1) is 0 Å². The number of nitrogens with one attached hydrogen (secondary N) is 1. The van der Waals surface area contributed by atoms with Crippen LogP contribution in [0.5, 0.6) is 0 Å². The van der Waals surface area contributed by atoms with Crippen molar-refractivity contribution in [1.82, 2.24) is 20.0 Å². The summed E-state index contributed by atoms with van der Waals surface area (Å²) >= 11 is 0. The Morgan fingerprint density at radius 1 is 1.18 bits per heavy atom. The first-order valence-electron chi connectivity index (χ1n) is 14.7. The number of rotatable bonds is 6. The summed E-state index contributed by atoms with van der Waals surface area (Å²) in [6.07, 6.45) is -2.28. The predicted molar refractivity (Wildman–Crippen MR) is 152 cm³/mol. The molecule has 0 spiro atoms. The molecular weight excluding hydrogens is 617 g/mol. The highest BCUT2D eigenvalue weighted by atomic mass is 32.2. The van der Waals surface area contributed by atoms with Crippen LogP contribution in [0.2, 0.25) is 0 Å². The molecule has 2 aromatic rings. The maximum atomic E-state index is 14.2. The maximum absolute atomic E-state index is 14.2. The van der Waals surface area contributed by atoms with Crippen molar-refractivity contribution in [3.63, 3.8) is 0 Å². The van der Waals surface area contributed by atoms with Gasteiger partial charge in [-0.1, -0.05) is 6.07 Å². The van der Waals surface area contributed by atoms with Gasteiger partial charge in [0.05, 0.1) is 23.4 Å². The summed E-state index contributed by atoms with van der Waals surface area (Å²) in [5.74, 6) is -3.89. The topological polar surface area (TPSA) is 155 Å². The molecular formula is C29H31F3N6O6S. The van der Waals surface area contributed by atoms with E-state index in [4.69, 9.17) is 9.84 Å². The second-order valence-electron chi connectivity index (χ2n) is 11.8. The van der Waals surface area contributed by atoms with Gasteiger partial charge in [0.1, 0.15) is 23.8 Å². The Morgan fingerprint density at radius 2 is 1.89 bits per heavy atom. The molecule has 240 valence electrons. The SMILES string of the molecule is CCN1C(=O)[C@@H](NC(=O)c2cccc(C(F)(F)F)c2)[C@@H](C2CC2)c2c(C(=O)N3CS(=O)(=O)C[C@H]3C#N)nn(C3CCOCC3)c21. The number of amides is 3. The quantitative estimate of drug-likeness (QED) is 0.502. The molecule has 3 fully saturated rings. The molecule has 16 heteroatoms. The molecule has 3 aliphatic heterocycles. The molecule has 0 radical (unpaired) electrons. The minimum Gasteiger partial charge on any atom is -0.381 e. The van der Waals surface area contributed by atoms with Crippen molar-refractivity contribution in [3.05, 3.63) is 46.6 Å². The lowest BCUT2D eigenvalue weighted by molar-refractivity contribution is -0.137. The molecule has 1 aromatic heterocycles. The molecule has 0 unspecified atom stereocenters. The van der Waals surface area contributed by atoms with Crippen molar-refractivity contribution < 1.29 is 40.7 Å². The third-order valence-electron chi connectivity index (χ3n) is 8.86. The molecule has 0 bridgehead atoms. The van der Waals surface area contributed by atoms with Gasteiger partial charge in [-0.05, 0) is 56.7 Å². The predicted octanol–water partition coefficient (Wildman–Crippen LogP) is 2.63. The average Bonchev–Trinajstić information content (AvgIpc) is 3.70. The van der Waals surface area contributed by atoms with Crippen LogP contribution in [0, 0.1) is 17.2 Å². The number of halogens is 3. The van der Waals surface area contributed by atoms with Gasteiger partial charge < -0.3 is 15.0 Å². The van der Waals surface area contributed by atoms with Crippen LogP contribution in [0.25, 0.3) is 0 Å². The zero-order chi connectivity index (χ0) is 32.3. The van der Waals surface area contributed by atoms with Gasteiger partial charge in [0, 0.05) is 36.8 Å². The summed E-state index contributed by atoms with van der Waals surface area (Å²) in [7, 11) is -3.73. The van der Waals surface area contributed by atoms with E-state index < -0.39 is 68.9 Å². The van der Waals surface area contributed by atoms with Gasteiger partial charge in [0.25, 0.3) is 17.7 Å². The monoisotopic (exact) mass is 648 g/mol. The zero-order valence-corrected chi connectivity index (χ0v) is 25.1. The van der Waals surface area contributed by atoms with E-state index in [1.807, 2.05) is 6.07 Å². The summed E-state index contributed by atoms with van der Waals surface area (Å²) in [4.78, 5) is 44.1. The van der Waals surface area contributed by atoms with Gasteiger partial charge in [0.15, 0.2) is 15.5 Å². The van der Waals surface area contributed by atoms with E-state index >= 15 is 0 Å². The van der Waals surface area contributed by atoms with Crippen LogP contribution in [0.4, 0.5) is 19.0 Å². The molecule has 12 nitrogen and oxygen atoms in total. The van der Waals surface area contributed by atoms with Crippen molar-refractivity contribution in [2.24, 2.45) is 5.92 Å². The number of likely N-dealkylation sites (N-methyl/N-ethyl adjacent to an activating group) is 1. The second-order valence-corrected chi connectivity index (χ2v) is 13.9. The number of anilines is 1. The highest BCUT2D eigenvalue weighted by molar-refractivity contribution is 7.91. The van der Waals surface area contributed by atoms with E-state index in [2.05, 4.69) is 5.32 Å². The van der Waals surface area contributed by atoms with Gasteiger partial charge >= 0.3 is 6.18 Å². The van der Waals surface area contributed by atoms with Gasteiger partial charge in [-0.3, -0.25) is 19.3 Å². The fourth-order valence-electron chi connectivity index (χ4n) is 6.56. The third kappa shape index (κ3) is 5.67. The fraction of sp³-hybridized carbons (Fsp3) is 0.552. The van der Waals surface area contributed by atoms with Crippen LogP contribution in [0.1, 0.15) is 76.5 Å². The van der Waals surface area contributed by atoms with Crippen molar-refractivity contribution >= 4 is 33.4 Å². The second kappa shape index (κ2) is 11.4. The molecule has 6 rings (SSSR count). The van der Waals surface area contributed by atoms with E-state index in [1.165, 1.54) is 11.0 Å². The Balaban J connectivity index is 1.47.